The zero-order valence-corrected chi connectivity index (χ0v) is 9.83. The lowest BCUT2D eigenvalue weighted by Gasteiger charge is -2.10. The van der Waals surface area contributed by atoms with Crippen LogP contribution in [0.1, 0.15) is 37.8 Å². The van der Waals surface area contributed by atoms with Crippen molar-refractivity contribution in [1.29, 1.82) is 0 Å². The summed E-state index contributed by atoms with van der Waals surface area (Å²) in [4.78, 5) is 10.8. The fourth-order valence-electron chi connectivity index (χ4n) is 1.38. The molecule has 2 nitrogen and oxygen atoms in total. The summed E-state index contributed by atoms with van der Waals surface area (Å²) in [6.45, 7) is 8.00. The Hall–Kier alpha value is -1.31. The normalized spacial score (nSPS) is 10.5. The molecule has 1 aromatic rings. The van der Waals surface area contributed by atoms with Crippen LogP contribution in [0.15, 0.2) is 18.2 Å². The summed E-state index contributed by atoms with van der Waals surface area (Å²) < 4.78 is 5.39. The highest BCUT2D eigenvalue weighted by atomic mass is 16.5. The fourth-order valence-corrected chi connectivity index (χ4v) is 1.38. The van der Waals surface area contributed by atoms with E-state index in [1.54, 1.807) is 0 Å². The molecule has 0 aromatic heterocycles. The van der Waals surface area contributed by atoms with Gasteiger partial charge in [0.15, 0.2) is 5.78 Å². The second-order valence-electron chi connectivity index (χ2n) is 4.22. The van der Waals surface area contributed by atoms with Gasteiger partial charge in [0, 0.05) is 0 Å². The van der Waals surface area contributed by atoms with Gasteiger partial charge in [-0.2, -0.15) is 0 Å². The van der Waals surface area contributed by atoms with Crippen LogP contribution in [-0.4, -0.2) is 12.4 Å². The second-order valence-corrected chi connectivity index (χ2v) is 4.22. The summed E-state index contributed by atoms with van der Waals surface area (Å²) in [6.07, 6.45) is 0. The third-order valence-electron chi connectivity index (χ3n) is 2.18. The van der Waals surface area contributed by atoms with Crippen LogP contribution in [0.25, 0.3) is 0 Å². The molecule has 0 aliphatic rings. The maximum Gasteiger partial charge on any atom is 0.167 e. The molecular formula is C13H18O2. The van der Waals surface area contributed by atoms with Gasteiger partial charge in [-0.05, 0) is 43.0 Å². The molecule has 0 fully saturated rings. The summed E-state index contributed by atoms with van der Waals surface area (Å²) in [5, 5.41) is 0. The first-order chi connectivity index (χ1) is 6.99. The van der Waals surface area contributed by atoms with E-state index in [1.807, 2.05) is 19.1 Å². The van der Waals surface area contributed by atoms with Crippen LogP contribution < -0.4 is 4.74 Å². The molecule has 0 saturated heterocycles. The van der Waals surface area contributed by atoms with Crippen molar-refractivity contribution in [2.24, 2.45) is 0 Å². The van der Waals surface area contributed by atoms with Gasteiger partial charge in [-0.25, -0.2) is 0 Å². The molecule has 15 heavy (non-hydrogen) atoms. The van der Waals surface area contributed by atoms with Crippen LogP contribution in [0.2, 0.25) is 0 Å². The zero-order valence-electron chi connectivity index (χ0n) is 9.83. The smallest absolute Gasteiger partial charge is 0.167 e. The van der Waals surface area contributed by atoms with Gasteiger partial charge >= 0.3 is 0 Å². The third kappa shape index (κ3) is 3.74. The van der Waals surface area contributed by atoms with Crippen LogP contribution >= 0.6 is 0 Å². The van der Waals surface area contributed by atoms with Crippen molar-refractivity contribution in [3.05, 3.63) is 29.3 Å². The van der Waals surface area contributed by atoms with E-state index in [0.717, 1.165) is 5.75 Å². The highest BCUT2D eigenvalue weighted by Gasteiger charge is 2.04. The first kappa shape index (κ1) is 11.8. The molecule has 0 saturated carbocycles. The van der Waals surface area contributed by atoms with Gasteiger partial charge in [-0.15, -0.1) is 0 Å². The molecule has 0 radical (unpaired) electrons. The molecule has 0 spiro atoms. The highest BCUT2D eigenvalue weighted by molar-refractivity contribution is 5.77. The van der Waals surface area contributed by atoms with Gasteiger partial charge in [0.1, 0.15) is 12.4 Å². The number of aryl methyl sites for hydroxylation is 1. The van der Waals surface area contributed by atoms with Crippen molar-refractivity contribution in [3.63, 3.8) is 0 Å². The summed E-state index contributed by atoms with van der Waals surface area (Å²) in [5.41, 5.74) is 2.41. The van der Waals surface area contributed by atoms with E-state index in [0.29, 0.717) is 5.92 Å². The van der Waals surface area contributed by atoms with Gasteiger partial charge in [-0.1, -0.05) is 19.9 Å². The largest absolute Gasteiger partial charge is 0.486 e. The van der Waals surface area contributed by atoms with Crippen molar-refractivity contribution in [3.8, 4) is 5.75 Å². The van der Waals surface area contributed by atoms with Gasteiger partial charge in [0.25, 0.3) is 0 Å². The third-order valence-corrected chi connectivity index (χ3v) is 2.18. The minimum Gasteiger partial charge on any atom is -0.486 e. The minimum absolute atomic E-state index is 0.0441. The first-order valence-electron chi connectivity index (χ1n) is 5.23. The number of carbonyl (C=O) groups is 1. The average Bonchev–Trinajstić information content (AvgIpc) is 2.13. The number of hydrogen-bond donors (Lipinski definition) is 0. The van der Waals surface area contributed by atoms with Crippen molar-refractivity contribution in [2.75, 3.05) is 6.61 Å². The van der Waals surface area contributed by atoms with Gasteiger partial charge in [0.2, 0.25) is 0 Å². The first-order valence-corrected chi connectivity index (χ1v) is 5.23. The minimum atomic E-state index is 0.0441. The number of ketones is 1. The van der Waals surface area contributed by atoms with E-state index in [1.165, 1.54) is 18.1 Å². The van der Waals surface area contributed by atoms with Gasteiger partial charge in [-0.3, -0.25) is 4.79 Å². The fraction of sp³-hybridized carbons (Fsp3) is 0.462. The molecule has 2 heteroatoms. The predicted octanol–water partition coefficient (Wildman–Crippen LogP) is 3.09. The maximum absolute atomic E-state index is 10.8. The zero-order chi connectivity index (χ0) is 11.4. The Morgan fingerprint density at radius 3 is 2.53 bits per heavy atom. The second kappa shape index (κ2) is 4.96. The van der Waals surface area contributed by atoms with Crippen LogP contribution in [0.5, 0.6) is 5.75 Å². The van der Waals surface area contributed by atoms with Crippen LogP contribution in [0.4, 0.5) is 0 Å². The molecule has 0 unspecified atom stereocenters. The number of rotatable bonds is 4. The van der Waals surface area contributed by atoms with Crippen LogP contribution in [0, 0.1) is 6.92 Å². The monoisotopic (exact) mass is 206 g/mol. The molecule has 0 atom stereocenters. The number of carbonyl (C=O) groups excluding carboxylic acids is 1. The molecule has 0 bridgehead atoms. The summed E-state index contributed by atoms with van der Waals surface area (Å²) in [6, 6.07) is 6.10. The average molecular weight is 206 g/mol. The van der Waals surface area contributed by atoms with E-state index in [2.05, 4.69) is 19.9 Å². The summed E-state index contributed by atoms with van der Waals surface area (Å²) in [5.74, 6) is 1.31. The Kier molecular flexibility index (Phi) is 3.89. The highest BCUT2D eigenvalue weighted by Crippen LogP contribution is 2.22. The van der Waals surface area contributed by atoms with E-state index < -0.39 is 0 Å². The SMILES string of the molecule is CC(=O)COc1cc(C)cc(C(C)C)c1. The number of hydrogen-bond acceptors (Lipinski definition) is 2. The molecule has 0 heterocycles. The lowest BCUT2D eigenvalue weighted by atomic mass is 10.0. The van der Waals surface area contributed by atoms with Crippen molar-refractivity contribution in [2.45, 2.75) is 33.6 Å². The van der Waals surface area contributed by atoms with Gasteiger partial charge < -0.3 is 4.74 Å². The van der Waals surface area contributed by atoms with Crippen molar-refractivity contribution >= 4 is 5.78 Å². The number of benzene rings is 1. The quantitative estimate of drug-likeness (QED) is 0.756. The molecule has 0 aliphatic heterocycles. The Labute approximate surface area is 91.3 Å². The summed E-state index contributed by atoms with van der Waals surface area (Å²) in [7, 11) is 0. The Bertz CT molecular complexity index is 354. The van der Waals surface area contributed by atoms with Gasteiger partial charge in [0.05, 0.1) is 0 Å². The molecule has 1 rings (SSSR count). The standard InChI is InChI=1S/C13H18O2/c1-9(2)12-5-10(3)6-13(7-12)15-8-11(4)14/h5-7,9H,8H2,1-4H3. The number of ether oxygens (including phenoxy) is 1. The maximum atomic E-state index is 10.8. The lowest BCUT2D eigenvalue weighted by molar-refractivity contribution is -0.118. The number of Topliss-reactive ketones (excluding diaryl/α,β-unsaturated/α-hetero) is 1. The van der Waals surface area contributed by atoms with E-state index in [4.69, 9.17) is 4.74 Å². The topological polar surface area (TPSA) is 26.3 Å². The van der Waals surface area contributed by atoms with E-state index in [9.17, 15) is 4.79 Å². The Morgan fingerprint density at radius 2 is 2.00 bits per heavy atom. The van der Waals surface area contributed by atoms with Crippen molar-refractivity contribution < 1.29 is 9.53 Å². The molecular weight excluding hydrogens is 188 g/mol. The Balaban J connectivity index is 2.84. The van der Waals surface area contributed by atoms with Crippen LogP contribution in [-0.2, 0) is 4.79 Å². The molecule has 1 aromatic carbocycles. The summed E-state index contributed by atoms with van der Waals surface area (Å²) >= 11 is 0. The van der Waals surface area contributed by atoms with Crippen LogP contribution in [0.3, 0.4) is 0 Å². The predicted molar refractivity (Wildman–Crippen MR) is 61.4 cm³/mol. The Morgan fingerprint density at radius 1 is 1.33 bits per heavy atom. The molecule has 0 amide bonds. The van der Waals surface area contributed by atoms with E-state index >= 15 is 0 Å². The molecule has 0 N–H and O–H groups in total. The van der Waals surface area contributed by atoms with Crippen molar-refractivity contribution in [1.82, 2.24) is 0 Å². The van der Waals surface area contributed by atoms with E-state index in [-0.39, 0.29) is 12.4 Å². The molecule has 82 valence electrons. The lowest BCUT2D eigenvalue weighted by Crippen LogP contribution is -2.07. The molecule has 0 aliphatic carbocycles.